The zero-order valence-electron chi connectivity index (χ0n) is 9.62. The van der Waals surface area contributed by atoms with Crippen LogP contribution in [0.5, 0.6) is 0 Å². The number of hydrogen-bond acceptors (Lipinski definition) is 2. The van der Waals surface area contributed by atoms with Crippen molar-refractivity contribution < 1.29 is 13.2 Å². The Morgan fingerprint density at radius 3 is 2.07 bits per heavy atom. The monoisotopic (exact) mass is 226 g/mol. The molecule has 0 bridgehead atoms. The molecule has 0 aliphatic rings. The number of halogens is 3. The summed E-state index contributed by atoms with van der Waals surface area (Å²) in [5.74, 6) is 0.104. The number of hydrogen-bond donors (Lipinski definition) is 2. The Hall–Kier alpha value is -0.290. The van der Waals surface area contributed by atoms with Crippen molar-refractivity contribution in [3.63, 3.8) is 0 Å². The zero-order valence-corrected chi connectivity index (χ0v) is 9.62. The molecule has 0 fully saturated rings. The first-order valence-electron chi connectivity index (χ1n) is 5.11. The molecule has 0 amide bonds. The van der Waals surface area contributed by atoms with Gasteiger partial charge in [-0.3, -0.25) is 0 Å². The van der Waals surface area contributed by atoms with Gasteiger partial charge in [-0.25, -0.2) is 0 Å². The quantitative estimate of drug-likeness (QED) is 0.753. The molecule has 0 aromatic carbocycles. The van der Waals surface area contributed by atoms with E-state index in [0.717, 1.165) is 6.42 Å². The van der Waals surface area contributed by atoms with Crippen molar-refractivity contribution in [1.29, 1.82) is 0 Å². The Balaban J connectivity index is 3.82. The molecule has 0 rings (SSSR count). The van der Waals surface area contributed by atoms with E-state index in [-0.39, 0.29) is 11.3 Å². The standard InChI is InChI=1S/C10H21F3N2/c1-9(2,3)4-8(5-14)6-15-7-10(11,12)13/h8,15H,4-7,14H2,1-3H3. The van der Waals surface area contributed by atoms with Crippen LogP contribution >= 0.6 is 0 Å². The Morgan fingerprint density at radius 2 is 1.73 bits per heavy atom. The molecule has 0 radical (unpaired) electrons. The summed E-state index contributed by atoms with van der Waals surface area (Å²) in [7, 11) is 0. The van der Waals surface area contributed by atoms with Crippen LogP contribution in [0, 0.1) is 11.3 Å². The Morgan fingerprint density at radius 1 is 1.20 bits per heavy atom. The summed E-state index contributed by atoms with van der Waals surface area (Å²) < 4.78 is 35.6. The lowest BCUT2D eigenvalue weighted by Crippen LogP contribution is -2.36. The summed E-state index contributed by atoms with van der Waals surface area (Å²) in [5, 5.41) is 2.39. The van der Waals surface area contributed by atoms with E-state index >= 15 is 0 Å². The second-order valence-corrected chi connectivity index (χ2v) is 5.11. The molecule has 0 saturated carbocycles. The Labute approximate surface area is 89.4 Å². The highest BCUT2D eigenvalue weighted by Crippen LogP contribution is 2.23. The van der Waals surface area contributed by atoms with E-state index in [1.807, 2.05) is 0 Å². The van der Waals surface area contributed by atoms with Crippen LogP contribution in [0.1, 0.15) is 27.2 Å². The van der Waals surface area contributed by atoms with Crippen LogP contribution in [0.25, 0.3) is 0 Å². The van der Waals surface area contributed by atoms with Gasteiger partial charge >= 0.3 is 6.18 Å². The smallest absolute Gasteiger partial charge is 0.330 e. The fourth-order valence-electron chi connectivity index (χ4n) is 1.52. The van der Waals surface area contributed by atoms with Crippen molar-refractivity contribution in [2.75, 3.05) is 19.6 Å². The van der Waals surface area contributed by atoms with E-state index in [1.54, 1.807) is 0 Å². The molecule has 1 unspecified atom stereocenters. The largest absolute Gasteiger partial charge is 0.401 e. The topological polar surface area (TPSA) is 38.0 Å². The van der Waals surface area contributed by atoms with Crippen molar-refractivity contribution >= 4 is 0 Å². The second-order valence-electron chi connectivity index (χ2n) is 5.11. The van der Waals surface area contributed by atoms with Gasteiger partial charge in [-0.1, -0.05) is 20.8 Å². The van der Waals surface area contributed by atoms with E-state index in [4.69, 9.17) is 5.73 Å². The van der Waals surface area contributed by atoms with E-state index in [0.29, 0.717) is 13.1 Å². The molecule has 0 aliphatic carbocycles. The van der Waals surface area contributed by atoms with Crippen molar-refractivity contribution in [1.82, 2.24) is 5.32 Å². The first-order valence-corrected chi connectivity index (χ1v) is 5.11. The molecular formula is C10H21F3N2. The minimum Gasteiger partial charge on any atom is -0.330 e. The van der Waals surface area contributed by atoms with E-state index in [2.05, 4.69) is 26.1 Å². The third-order valence-electron chi connectivity index (χ3n) is 1.99. The van der Waals surface area contributed by atoms with E-state index in [1.165, 1.54) is 0 Å². The molecule has 3 N–H and O–H groups in total. The zero-order chi connectivity index (χ0) is 12.1. The summed E-state index contributed by atoms with van der Waals surface area (Å²) in [5.41, 5.74) is 5.61. The molecule has 1 atom stereocenters. The van der Waals surface area contributed by atoms with Gasteiger partial charge in [-0.15, -0.1) is 0 Å². The normalized spacial score (nSPS) is 15.4. The van der Waals surface area contributed by atoms with Crippen LogP contribution in [-0.2, 0) is 0 Å². The van der Waals surface area contributed by atoms with Gasteiger partial charge in [-0.05, 0) is 30.8 Å². The maximum Gasteiger partial charge on any atom is 0.401 e. The maximum atomic E-state index is 11.9. The SMILES string of the molecule is CC(C)(C)CC(CN)CNCC(F)(F)F. The predicted molar refractivity (Wildman–Crippen MR) is 55.5 cm³/mol. The van der Waals surface area contributed by atoms with Gasteiger partial charge in [0.15, 0.2) is 0 Å². The first-order chi connectivity index (χ1) is 6.64. The van der Waals surface area contributed by atoms with Gasteiger partial charge in [0.1, 0.15) is 0 Å². The van der Waals surface area contributed by atoms with Crippen molar-refractivity contribution in [2.45, 2.75) is 33.4 Å². The highest BCUT2D eigenvalue weighted by atomic mass is 19.4. The van der Waals surface area contributed by atoms with Gasteiger partial charge < -0.3 is 11.1 Å². The number of nitrogens with two attached hydrogens (primary N) is 1. The van der Waals surface area contributed by atoms with E-state index in [9.17, 15) is 13.2 Å². The summed E-state index contributed by atoms with van der Waals surface area (Å²) in [4.78, 5) is 0. The van der Waals surface area contributed by atoms with Gasteiger partial charge in [0.2, 0.25) is 0 Å². The third-order valence-corrected chi connectivity index (χ3v) is 1.99. The molecule has 0 spiro atoms. The highest BCUT2D eigenvalue weighted by molar-refractivity contribution is 4.72. The maximum absolute atomic E-state index is 11.9. The predicted octanol–water partition coefficient (Wildman–Crippen LogP) is 2.15. The molecule has 0 aromatic heterocycles. The molecule has 0 aromatic rings. The number of rotatable bonds is 5. The van der Waals surface area contributed by atoms with Gasteiger partial charge in [0.25, 0.3) is 0 Å². The minimum absolute atomic E-state index is 0.101. The van der Waals surface area contributed by atoms with Crippen LogP contribution in [-0.4, -0.2) is 25.8 Å². The van der Waals surface area contributed by atoms with Crippen molar-refractivity contribution in [2.24, 2.45) is 17.1 Å². The first kappa shape index (κ1) is 14.7. The molecular weight excluding hydrogens is 205 g/mol. The average molecular weight is 226 g/mol. The lowest BCUT2D eigenvalue weighted by Gasteiger charge is -2.25. The van der Waals surface area contributed by atoms with E-state index < -0.39 is 12.7 Å². The molecule has 15 heavy (non-hydrogen) atoms. The van der Waals surface area contributed by atoms with Gasteiger partial charge in [-0.2, -0.15) is 13.2 Å². The van der Waals surface area contributed by atoms with Gasteiger partial charge in [0.05, 0.1) is 6.54 Å². The van der Waals surface area contributed by atoms with Crippen LogP contribution in [0.3, 0.4) is 0 Å². The van der Waals surface area contributed by atoms with Crippen molar-refractivity contribution in [3.8, 4) is 0 Å². The average Bonchev–Trinajstić information content (AvgIpc) is 1.97. The molecule has 92 valence electrons. The fourth-order valence-corrected chi connectivity index (χ4v) is 1.52. The summed E-state index contributed by atoms with van der Waals surface area (Å²) in [6, 6.07) is 0. The number of alkyl halides is 3. The van der Waals surface area contributed by atoms with Gasteiger partial charge in [0, 0.05) is 0 Å². The minimum atomic E-state index is -4.14. The highest BCUT2D eigenvalue weighted by Gasteiger charge is 2.27. The molecule has 5 heteroatoms. The summed E-state index contributed by atoms with van der Waals surface area (Å²) in [6.45, 7) is 5.97. The fraction of sp³-hybridized carbons (Fsp3) is 1.00. The van der Waals surface area contributed by atoms with Crippen molar-refractivity contribution in [3.05, 3.63) is 0 Å². The van der Waals surface area contributed by atoms with Crippen LogP contribution in [0.15, 0.2) is 0 Å². The Bertz CT molecular complexity index is 172. The lowest BCUT2D eigenvalue weighted by atomic mass is 9.84. The van der Waals surface area contributed by atoms with Crippen LogP contribution in [0.4, 0.5) is 13.2 Å². The Kier molecular flexibility index (Phi) is 5.59. The lowest BCUT2D eigenvalue weighted by molar-refractivity contribution is -0.125. The second kappa shape index (κ2) is 5.70. The number of nitrogens with one attached hydrogen (secondary N) is 1. The molecule has 2 nitrogen and oxygen atoms in total. The molecule has 0 heterocycles. The summed E-state index contributed by atoms with van der Waals surface area (Å²) in [6.07, 6.45) is -3.31. The molecule has 0 saturated heterocycles. The van der Waals surface area contributed by atoms with Crippen LogP contribution in [0.2, 0.25) is 0 Å². The summed E-state index contributed by atoms with van der Waals surface area (Å²) >= 11 is 0. The van der Waals surface area contributed by atoms with Crippen LogP contribution < -0.4 is 11.1 Å². The molecule has 0 aliphatic heterocycles. The third kappa shape index (κ3) is 10.0.